The topological polar surface area (TPSA) is 152 Å². The van der Waals surface area contributed by atoms with Crippen molar-refractivity contribution in [2.75, 3.05) is 31.5 Å². The minimum absolute atomic E-state index is 0.253. The molecular weight excluding hydrogens is 667 g/mol. The molecule has 11 nitrogen and oxygen atoms in total. The summed E-state index contributed by atoms with van der Waals surface area (Å²) in [4.78, 5) is 30.2. The van der Waals surface area contributed by atoms with E-state index >= 15 is 0 Å². The van der Waals surface area contributed by atoms with E-state index < -0.39 is 5.97 Å². The molecule has 8 rings (SSSR count). The number of aliphatic hydroxyl groups is 1. The van der Waals surface area contributed by atoms with Crippen molar-refractivity contribution in [3.05, 3.63) is 101 Å². The van der Waals surface area contributed by atoms with E-state index in [1.54, 1.807) is 6.20 Å². The molecule has 0 radical (unpaired) electrons. The van der Waals surface area contributed by atoms with Gasteiger partial charge in [-0.1, -0.05) is 24.3 Å². The summed E-state index contributed by atoms with van der Waals surface area (Å²) in [5.41, 5.74) is 10.3. The summed E-state index contributed by atoms with van der Waals surface area (Å²) < 4.78 is 6.30. The van der Waals surface area contributed by atoms with E-state index in [4.69, 9.17) is 14.4 Å². The summed E-state index contributed by atoms with van der Waals surface area (Å²) in [6, 6.07) is 22.5. The van der Waals surface area contributed by atoms with Crippen molar-refractivity contribution >= 4 is 39.5 Å². The maximum atomic E-state index is 11.4. The Labute approximate surface area is 307 Å². The first-order valence-electron chi connectivity index (χ1n) is 18.1. The number of benzene rings is 3. The number of likely N-dealkylation sites (tertiary alicyclic amines) is 2. The van der Waals surface area contributed by atoms with Gasteiger partial charge in [-0.15, -0.1) is 0 Å². The number of nitrogens with one attached hydrogen (secondary N) is 1. The highest BCUT2D eigenvalue weighted by molar-refractivity contribution is 5.91. The van der Waals surface area contributed by atoms with E-state index in [0.717, 1.165) is 75.0 Å². The summed E-state index contributed by atoms with van der Waals surface area (Å²) in [7, 11) is 0. The van der Waals surface area contributed by atoms with Crippen molar-refractivity contribution < 1.29 is 19.4 Å². The quantitative estimate of drug-likeness (QED) is 0.140. The molecule has 53 heavy (non-hydrogen) atoms. The molecule has 0 amide bonds. The van der Waals surface area contributed by atoms with Crippen LogP contribution in [0, 0.1) is 31.1 Å². The fraction of sp³-hybridized carbons (Fsp3) is 0.310. The predicted octanol–water partition coefficient (Wildman–Crippen LogP) is 7.20. The number of pyridine rings is 2. The van der Waals surface area contributed by atoms with Crippen LogP contribution in [-0.2, 0) is 17.9 Å². The molecule has 0 spiro atoms. The van der Waals surface area contributed by atoms with Crippen LogP contribution >= 0.6 is 0 Å². The Morgan fingerprint density at radius 2 is 1.66 bits per heavy atom. The summed E-state index contributed by atoms with van der Waals surface area (Å²) in [6.07, 6.45) is 5.49. The molecule has 3 aromatic heterocycles. The van der Waals surface area contributed by atoms with Crippen LogP contribution in [0.15, 0.2) is 77.5 Å². The fourth-order valence-electron chi connectivity index (χ4n) is 7.82. The largest absolute Gasteiger partial charge is 0.481 e. The van der Waals surface area contributed by atoms with Crippen molar-refractivity contribution in [2.45, 2.75) is 52.3 Å². The summed E-state index contributed by atoms with van der Waals surface area (Å²) in [6.45, 7) is 8.50. The Hall–Kier alpha value is -5.67. The zero-order valence-corrected chi connectivity index (χ0v) is 29.8. The number of β-amino-alcohol motifs (C(OH)–C–C–N with tert-alkyl or cyclic N) is 1. The second-order valence-corrected chi connectivity index (χ2v) is 14.3. The molecule has 5 heterocycles. The minimum atomic E-state index is -0.728. The highest BCUT2D eigenvalue weighted by Gasteiger charge is 2.25. The van der Waals surface area contributed by atoms with E-state index in [-0.39, 0.29) is 12.0 Å². The van der Waals surface area contributed by atoms with E-state index in [0.29, 0.717) is 67.4 Å². The van der Waals surface area contributed by atoms with E-state index in [1.807, 2.05) is 48.7 Å². The highest BCUT2D eigenvalue weighted by Crippen LogP contribution is 2.38. The number of oxazole rings is 1. The number of anilines is 2. The number of hydrogen-bond acceptors (Lipinski definition) is 10. The van der Waals surface area contributed by atoms with Crippen LogP contribution in [0.1, 0.15) is 47.1 Å². The third-order valence-electron chi connectivity index (χ3n) is 10.8. The average Bonchev–Trinajstić information content (AvgIpc) is 3.78. The number of nitriles is 1. The number of aliphatic carboxylic acids is 1. The number of rotatable bonds is 9. The van der Waals surface area contributed by atoms with Gasteiger partial charge in [0.25, 0.3) is 0 Å². The van der Waals surface area contributed by atoms with Gasteiger partial charge >= 0.3 is 5.97 Å². The number of nitrogens with zero attached hydrogens (tertiary/aromatic N) is 6. The van der Waals surface area contributed by atoms with Gasteiger partial charge in [-0.3, -0.25) is 19.6 Å². The predicted molar refractivity (Wildman–Crippen MR) is 203 cm³/mol. The van der Waals surface area contributed by atoms with E-state index in [2.05, 4.69) is 58.2 Å². The molecule has 3 aromatic carbocycles. The van der Waals surface area contributed by atoms with Crippen LogP contribution in [0.2, 0.25) is 0 Å². The Morgan fingerprint density at radius 1 is 0.925 bits per heavy atom. The Kier molecular flexibility index (Phi) is 9.35. The lowest BCUT2D eigenvalue weighted by molar-refractivity contribution is -0.143. The Balaban J connectivity index is 1.05. The van der Waals surface area contributed by atoms with Gasteiger partial charge in [0.2, 0.25) is 5.89 Å². The van der Waals surface area contributed by atoms with Crippen molar-refractivity contribution in [2.24, 2.45) is 5.92 Å². The maximum Gasteiger partial charge on any atom is 0.306 e. The van der Waals surface area contributed by atoms with Crippen molar-refractivity contribution in [1.29, 1.82) is 5.26 Å². The molecule has 3 N–H and O–H groups in total. The van der Waals surface area contributed by atoms with Gasteiger partial charge in [-0.05, 0) is 116 Å². The van der Waals surface area contributed by atoms with Crippen LogP contribution in [0.3, 0.4) is 0 Å². The molecule has 11 heteroatoms. The van der Waals surface area contributed by atoms with Crippen molar-refractivity contribution in [3.63, 3.8) is 0 Å². The van der Waals surface area contributed by atoms with Gasteiger partial charge in [0.15, 0.2) is 11.4 Å². The molecule has 2 aliphatic rings. The van der Waals surface area contributed by atoms with Gasteiger partial charge in [-0.2, -0.15) is 5.26 Å². The van der Waals surface area contributed by atoms with Gasteiger partial charge in [0.05, 0.1) is 17.6 Å². The number of aromatic nitrogens is 3. The molecule has 2 fully saturated rings. The Morgan fingerprint density at radius 3 is 2.42 bits per heavy atom. The number of carboxylic acids is 1. The SMILES string of the molecule is Cc1c(Nc2nccc3cc(CN4CC[C@@H](O)C4)cnc23)cccc1-c1cccc(-c2nc3cc(CN4CCC(C(=O)O)CC4)cc(C#N)c3o2)c1C. The molecule has 0 aliphatic carbocycles. The third-order valence-corrected chi connectivity index (χ3v) is 10.8. The standard InChI is InChI=1S/C42H41N7O4/c1-25-33(5-3-7-35(25)41-47-37-19-27(17-31(20-43)39(37)53-41)22-48-14-10-29(11-15-48)42(51)52)34-6-4-8-36(26(34)2)46-40-38-30(9-13-44-40)18-28(21-45-38)23-49-16-12-32(50)24-49/h3-9,13,17-19,21,29,32,50H,10-12,14-16,22-24H2,1-2H3,(H,44,46)(H,51,52)/t32-/m1/s1. The molecule has 0 bridgehead atoms. The van der Waals surface area contributed by atoms with Crippen molar-refractivity contribution in [3.8, 4) is 28.7 Å². The smallest absolute Gasteiger partial charge is 0.306 e. The minimum Gasteiger partial charge on any atom is -0.481 e. The lowest BCUT2D eigenvalue weighted by Crippen LogP contribution is -2.35. The molecule has 1 atom stereocenters. The zero-order chi connectivity index (χ0) is 36.6. The van der Waals surface area contributed by atoms with Crippen LogP contribution < -0.4 is 5.32 Å². The van der Waals surface area contributed by atoms with E-state index in [1.165, 1.54) is 0 Å². The van der Waals surface area contributed by atoms with E-state index in [9.17, 15) is 20.3 Å². The van der Waals surface area contributed by atoms with Crippen LogP contribution in [0.5, 0.6) is 0 Å². The molecule has 0 saturated carbocycles. The van der Waals surface area contributed by atoms with Gasteiger partial charge in [0, 0.05) is 55.2 Å². The summed E-state index contributed by atoms with van der Waals surface area (Å²) >= 11 is 0. The number of carbonyl (C=O) groups is 1. The second-order valence-electron chi connectivity index (χ2n) is 14.3. The molecule has 268 valence electrons. The maximum absolute atomic E-state index is 11.4. The first-order chi connectivity index (χ1) is 25.7. The lowest BCUT2D eigenvalue weighted by Gasteiger charge is -2.30. The normalized spacial score (nSPS) is 17.1. The summed E-state index contributed by atoms with van der Waals surface area (Å²) in [5, 5.41) is 33.9. The van der Waals surface area contributed by atoms with Gasteiger partial charge in [-0.25, -0.2) is 9.97 Å². The molecular formula is C42H41N7O4. The monoisotopic (exact) mass is 707 g/mol. The molecule has 2 aliphatic heterocycles. The van der Waals surface area contributed by atoms with Gasteiger partial charge in [0.1, 0.15) is 17.1 Å². The summed E-state index contributed by atoms with van der Waals surface area (Å²) in [5.74, 6) is 0.111. The van der Waals surface area contributed by atoms with Crippen LogP contribution in [0.25, 0.3) is 44.6 Å². The first kappa shape index (κ1) is 34.4. The fourth-order valence-corrected chi connectivity index (χ4v) is 7.82. The third kappa shape index (κ3) is 6.97. The number of piperidine rings is 1. The Bertz CT molecular complexity index is 2390. The lowest BCUT2D eigenvalue weighted by atomic mass is 9.93. The van der Waals surface area contributed by atoms with Crippen LogP contribution in [0.4, 0.5) is 11.5 Å². The number of aliphatic hydroxyl groups excluding tert-OH is 1. The second kappa shape index (κ2) is 14.4. The number of hydrogen-bond donors (Lipinski definition) is 3. The highest BCUT2D eigenvalue weighted by atomic mass is 16.4. The average molecular weight is 708 g/mol. The molecule has 2 saturated heterocycles. The molecule has 0 unspecified atom stereocenters. The van der Waals surface area contributed by atoms with Gasteiger partial charge < -0.3 is 19.9 Å². The van der Waals surface area contributed by atoms with Crippen LogP contribution in [-0.4, -0.2) is 73.2 Å². The number of fused-ring (bicyclic) bond motifs is 2. The number of carboxylic acid groups (broad SMARTS) is 1. The van der Waals surface area contributed by atoms with Crippen molar-refractivity contribution in [1.82, 2.24) is 24.8 Å². The first-order valence-corrected chi connectivity index (χ1v) is 18.1. The zero-order valence-electron chi connectivity index (χ0n) is 29.8. The molecule has 6 aromatic rings.